The summed E-state index contributed by atoms with van der Waals surface area (Å²) in [5.41, 5.74) is -0.418. The van der Waals surface area contributed by atoms with E-state index in [1.165, 1.54) is 0 Å². The van der Waals surface area contributed by atoms with Gasteiger partial charge in [-0.25, -0.2) is 4.79 Å². The summed E-state index contributed by atoms with van der Waals surface area (Å²) in [4.78, 5) is 10.00. The highest BCUT2D eigenvalue weighted by Gasteiger charge is 2.16. The van der Waals surface area contributed by atoms with Gasteiger partial charge in [-0.2, -0.15) is 0 Å². The predicted molar refractivity (Wildman–Crippen MR) is 37.1 cm³/mol. The number of ether oxygens (including phenoxy) is 1. The van der Waals surface area contributed by atoms with Crippen LogP contribution in [0.2, 0.25) is 0 Å². The molecule has 10 heavy (non-hydrogen) atoms. The fourth-order valence-electron chi connectivity index (χ4n) is 0.361. The second-order valence-electron chi connectivity index (χ2n) is 2.62. The molecule has 0 radical (unpaired) electrons. The van der Waals surface area contributed by atoms with Crippen molar-refractivity contribution in [2.24, 2.45) is 0 Å². The van der Waals surface area contributed by atoms with E-state index in [2.05, 4.69) is 5.32 Å². The van der Waals surface area contributed by atoms with Gasteiger partial charge in [-0.05, 0) is 13.8 Å². The molecule has 0 fully saturated rings. The minimum absolute atomic E-state index is 0.304. The Balaban J connectivity index is 3.56. The van der Waals surface area contributed by atoms with Crippen molar-refractivity contribution in [2.75, 3.05) is 13.7 Å². The Bertz CT molecular complexity index is 122. The third-order valence-corrected chi connectivity index (χ3v) is 1.22. The average Bonchev–Trinajstić information content (AvgIpc) is 1.85. The normalized spacial score (nSPS) is 11.1. The molecule has 2 N–H and O–H groups in total. The number of carboxylic acid groups (broad SMARTS) is 1. The maximum absolute atomic E-state index is 10.00. The van der Waals surface area contributed by atoms with Crippen LogP contribution in [0.25, 0.3) is 0 Å². The largest absolute Gasteiger partial charge is 0.465 e. The molecule has 4 nitrogen and oxygen atoms in total. The van der Waals surface area contributed by atoms with Gasteiger partial charge >= 0.3 is 6.09 Å². The van der Waals surface area contributed by atoms with Crippen LogP contribution in [0.3, 0.4) is 0 Å². The average molecular weight is 147 g/mol. The standard InChI is InChI=1S/C6H13NO3/c1-6(2,10-3)4-7-5(8)9/h7H,4H2,1-3H3,(H,8,9). The molecule has 0 aliphatic rings. The zero-order valence-corrected chi connectivity index (χ0v) is 6.47. The zero-order valence-electron chi connectivity index (χ0n) is 6.47. The van der Waals surface area contributed by atoms with Gasteiger partial charge in [-0.3, -0.25) is 0 Å². The molecule has 0 aliphatic heterocycles. The summed E-state index contributed by atoms with van der Waals surface area (Å²) in [6.07, 6.45) is -1.02. The van der Waals surface area contributed by atoms with Crippen LogP contribution in [0.5, 0.6) is 0 Å². The monoisotopic (exact) mass is 147 g/mol. The summed E-state index contributed by atoms with van der Waals surface area (Å²) in [6, 6.07) is 0. The van der Waals surface area contributed by atoms with E-state index < -0.39 is 11.7 Å². The zero-order chi connectivity index (χ0) is 8.20. The molecule has 0 aromatic heterocycles. The third kappa shape index (κ3) is 4.14. The maximum atomic E-state index is 10.00. The van der Waals surface area contributed by atoms with Crippen LogP contribution in [-0.4, -0.2) is 30.5 Å². The highest BCUT2D eigenvalue weighted by Crippen LogP contribution is 2.03. The molecule has 60 valence electrons. The fraction of sp³-hybridized carbons (Fsp3) is 0.833. The molecular weight excluding hydrogens is 134 g/mol. The quantitative estimate of drug-likeness (QED) is 0.617. The molecule has 0 unspecified atom stereocenters. The number of rotatable bonds is 3. The van der Waals surface area contributed by atoms with Gasteiger partial charge in [0.15, 0.2) is 0 Å². The molecule has 1 amide bonds. The molecule has 0 aliphatic carbocycles. The van der Waals surface area contributed by atoms with Crippen LogP contribution in [0.4, 0.5) is 4.79 Å². The van der Waals surface area contributed by atoms with E-state index in [1.54, 1.807) is 7.11 Å². The number of nitrogens with one attached hydrogen (secondary N) is 1. The van der Waals surface area contributed by atoms with Crippen LogP contribution in [0.15, 0.2) is 0 Å². The summed E-state index contributed by atoms with van der Waals surface area (Å²) >= 11 is 0. The SMILES string of the molecule is COC(C)(C)CNC(=O)O. The van der Waals surface area contributed by atoms with Crippen molar-refractivity contribution in [3.8, 4) is 0 Å². The number of methoxy groups -OCH3 is 1. The molecule has 4 heteroatoms. The highest BCUT2D eigenvalue weighted by atomic mass is 16.5. The number of amides is 1. The lowest BCUT2D eigenvalue weighted by Gasteiger charge is -2.21. The molecule has 0 rings (SSSR count). The summed E-state index contributed by atoms with van der Waals surface area (Å²) < 4.78 is 4.96. The van der Waals surface area contributed by atoms with Crippen molar-refractivity contribution >= 4 is 6.09 Å². The van der Waals surface area contributed by atoms with Crippen molar-refractivity contribution in [3.63, 3.8) is 0 Å². The van der Waals surface area contributed by atoms with Crippen LogP contribution in [-0.2, 0) is 4.74 Å². The lowest BCUT2D eigenvalue weighted by atomic mass is 10.1. The highest BCUT2D eigenvalue weighted by molar-refractivity contribution is 5.64. The minimum atomic E-state index is -1.02. The van der Waals surface area contributed by atoms with Crippen molar-refractivity contribution in [1.82, 2.24) is 5.32 Å². The van der Waals surface area contributed by atoms with Gasteiger partial charge in [0, 0.05) is 13.7 Å². The Morgan fingerprint density at radius 1 is 1.70 bits per heavy atom. The van der Waals surface area contributed by atoms with Gasteiger partial charge in [0.25, 0.3) is 0 Å². The molecular formula is C6H13NO3. The van der Waals surface area contributed by atoms with Crippen molar-refractivity contribution in [3.05, 3.63) is 0 Å². The van der Waals surface area contributed by atoms with Gasteiger partial charge in [0.1, 0.15) is 0 Å². The fourth-order valence-corrected chi connectivity index (χ4v) is 0.361. The first-order chi connectivity index (χ1) is 4.48. The van der Waals surface area contributed by atoms with Crippen LogP contribution >= 0.6 is 0 Å². The number of carbonyl (C=O) groups is 1. The Kier molecular flexibility index (Phi) is 3.15. The summed E-state index contributed by atoms with van der Waals surface area (Å²) in [5, 5.41) is 10.4. The van der Waals surface area contributed by atoms with E-state index in [-0.39, 0.29) is 0 Å². The first-order valence-corrected chi connectivity index (χ1v) is 3.00. The molecule has 0 atom stereocenters. The second kappa shape index (κ2) is 3.41. The van der Waals surface area contributed by atoms with Gasteiger partial charge < -0.3 is 15.2 Å². The van der Waals surface area contributed by atoms with Crippen LogP contribution in [0, 0.1) is 0 Å². The smallest absolute Gasteiger partial charge is 0.404 e. The Morgan fingerprint density at radius 2 is 2.20 bits per heavy atom. The Labute approximate surface area is 60.2 Å². The van der Waals surface area contributed by atoms with Crippen LogP contribution in [0.1, 0.15) is 13.8 Å². The van der Waals surface area contributed by atoms with Crippen LogP contribution < -0.4 is 5.32 Å². The third-order valence-electron chi connectivity index (χ3n) is 1.22. The van der Waals surface area contributed by atoms with E-state index in [0.717, 1.165) is 0 Å². The van der Waals surface area contributed by atoms with Crippen molar-refractivity contribution < 1.29 is 14.6 Å². The minimum Gasteiger partial charge on any atom is -0.465 e. The van der Waals surface area contributed by atoms with E-state index in [1.807, 2.05) is 13.8 Å². The van der Waals surface area contributed by atoms with Gasteiger partial charge in [-0.15, -0.1) is 0 Å². The Hall–Kier alpha value is -0.770. The molecule has 0 saturated heterocycles. The van der Waals surface area contributed by atoms with Crippen molar-refractivity contribution in [1.29, 1.82) is 0 Å². The number of hydrogen-bond donors (Lipinski definition) is 2. The van der Waals surface area contributed by atoms with Gasteiger partial charge in [-0.1, -0.05) is 0 Å². The van der Waals surface area contributed by atoms with Crippen molar-refractivity contribution in [2.45, 2.75) is 19.4 Å². The lowest BCUT2D eigenvalue weighted by molar-refractivity contribution is 0.0237. The lowest BCUT2D eigenvalue weighted by Crippen LogP contribution is -2.38. The van der Waals surface area contributed by atoms with Gasteiger partial charge in [0.2, 0.25) is 0 Å². The maximum Gasteiger partial charge on any atom is 0.404 e. The summed E-state index contributed by atoms with van der Waals surface area (Å²) in [6.45, 7) is 3.92. The first kappa shape index (κ1) is 9.23. The molecule has 0 aromatic carbocycles. The van der Waals surface area contributed by atoms with E-state index in [9.17, 15) is 4.79 Å². The second-order valence-corrected chi connectivity index (χ2v) is 2.62. The molecule has 0 saturated carbocycles. The molecule has 0 aromatic rings. The van der Waals surface area contributed by atoms with E-state index >= 15 is 0 Å². The summed E-state index contributed by atoms with van der Waals surface area (Å²) in [5.74, 6) is 0. The topological polar surface area (TPSA) is 58.6 Å². The van der Waals surface area contributed by atoms with E-state index in [4.69, 9.17) is 9.84 Å². The Morgan fingerprint density at radius 3 is 2.50 bits per heavy atom. The molecule has 0 heterocycles. The summed E-state index contributed by atoms with van der Waals surface area (Å²) in [7, 11) is 1.55. The number of hydrogen-bond acceptors (Lipinski definition) is 2. The molecule has 0 bridgehead atoms. The predicted octanol–water partition coefficient (Wildman–Crippen LogP) is 0.679. The van der Waals surface area contributed by atoms with Gasteiger partial charge in [0.05, 0.1) is 5.60 Å². The first-order valence-electron chi connectivity index (χ1n) is 3.00. The molecule has 0 spiro atoms. The van der Waals surface area contributed by atoms with E-state index in [0.29, 0.717) is 6.54 Å².